The zero-order chi connectivity index (χ0) is 24.0. The maximum Gasteiger partial charge on any atom is 0.412 e. The summed E-state index contributed by atoms with van der Waals surface area (Å²) >= 11 is 0. The highest BCUT2D eigenvalue weighted by molar-refractivity contribution is 5.84. The zero-order valence-electron chi connectivity index (χ0n) is 19.5. The first-order valence-corrected chi connectivity index (χ1v) is 12.2. The molecule has 3 fully saturated rings. The van der Waals surface area contributed by atoms with Gasteiger partial charge in [-0.05, 0) is 49.2 Å². The van der Waals surface area contributed by atoms with Crippen LogP contribution >= 0.6 is 0 Å². The van der Waals surface area contributed by atoms with Crippen LogP contribution in [-0.4, -0.2) is 55.7 Å². The minimum Gasteiger partial charge on any atom is -0.457 e. The molecular weight excluding hydrogens is 450 g/mol. The maximum absolute atomic E-state index is 12.5. The molecule has 0 aromatic heterocycles. The van der Waals surface area contributed by atoms with E-state index in [1.54, 1.807) is 24.3 Å². The first-order valence-electron chi connectivity index (χ1n) is 12.2. The van der Waals surface area contributed by atoms with Crippen molar-refractivity contribution in [2.75, 3.05) is 18.5 Å². The molecule has 35 heavy (non-hydrogen) atoms. The number of fused-ring (bicyclic) bond motifs is 1. The topological polar surface area (TPSA) is 107 Å². The second-order valence-electron chi connectivity index (χ2n) is 9.16. The summed E-state index contributed by atoms with van der Waals surface area (Å²) in [5.41, 5.74) is 0.581. The summed E-state index contributed by atoms with van der Waals surface area (Å²) in [5.74, 6) is 1.40. The van der Waals surface area contributed by atoms with Gasteiger partial charge in [0.2, 0.25) is 0 Å². The van der Waals surface area contributed by atoms with Crippen molar-refractivity contribution in [3.63, 3.8) is 0 Å². The molecule has 0 bridgehead atoms. The number of urea groups is 1. The van der Waals surface area contributed by atoms with Crippen LogP contribution in [0.1, 0.15) is 32.1 Å². The molecule has 5 rings (SSSR count). The number of amides is 3. The van der Waals surface area contributed by atoms with E-state index in [2.05, 4.69) is 16.0 Å². The molecule has 9 nitrogen and oxygen atoms in total. The Morgan fingerprint density at radius 3 is 2.29 bits per heavy atom. The summed E-state index contributed by atoms with van der Waals surface area (Å²) < 4.78 is 23.0. The minimum atomic E-state index is -0.592. The van der Waals surface area contributed by atoms with Gasteiger partial charge in [-0.15, -0.1) is 0 Å². The van der Waals surface area contributed by atoms with Crippen LogP contribution in [0.3, 0.4) is 0 Å². The van der Waals surface area contributed by atoms with Gasteiger partial charge in [0, 0.05) is 11.7 Å². The van der Waals surface area contributed by atoms with Gasteiger partial charge in [0.05, 0.1) is 19.3 Å². The smallest absolute Gasteiger partial charge is 0.412 e. The number of ether oxygens (including phenoxy) is 4. The molecule has 1 saturated carbocycles. The van der Waals surface area contributed by atoms with Crippen LogP contribution in [0.15, 0.2) is 54.6 Å². The third-order valence-electron chi connectivity index (χ3n) is 6.60. The van der Waals surface area contributed by atoms with Crippen LogP contribution in [0, 0.1) is 0 Å². The highest BCUT2D eigenvalue weighted by Crippen LogP contribution is 2.29. The molecule has 3 aliphatic rings. The fourth-order valence-electron chi connectivity index (χ4n) is 4.85. The minimum absolute atomic E-state index is 0.198. The average Bonchev–Trinajstić information content (AvgIpc) is 3.45. The van der Waals surface area contributed by atoms with E-state index < -0.39 is 18.3 Å². The lowest BCUT2D eigenvalue weighted by atomic mass is 9.96. The van der Waals surface area contributed by atoms with Crippen molar-refractivity contribution < 1.29 is 28.5 Å². The number of hydrogen-bond donors (Lipinski definition) is 3. The number of nitrogens with one attached hydrogen (secondary N) is 3. The van der Waals surface area contributed by atoms with Gasteiger partial charge in [0.1, 0.15) is 23.7 Å². The predicted octanol–water partition coefficient (Wildman–Crippen LogP) is 4.19. The highest BCUT2D eigenvalue weighted by atomic mass is 16.6. The van der Waals surface area contributed by atoms with Crippen molar-refractivity contribution in [3.8, 4) is 11.5 Å². The predicted molar refractivity (Wildman–Crippen MR) is 129 cm³/mol. The lowest BCUT2D eigenvalue weighted by Gasteiger charge is -2.24. The lowest BCUT2D eigenvalue weighted by molar-refractivity contribution is 0.00871. The Hall–Kier alpha value is -3.30. The molecule has 9 heteroatoms. The third kappa shape index (κ3) is 6.04. The number of para-hydroxylation sites is 1. The van der Waals surface area contributed by atoms with E-state index in [-0.39, 0.29) is 30.8 Å². The summed E-state index contributed by atoms with van der Waals surface area (Å²) in [6.45, 7) is 0.535. The van der Waals surface area contributed by atoms with E-state index in [1.807, 2.05) is 30.3 Å². The molecule has 2 heterocycles. The number of carbonyl (C=O) groups is 2. The third-order valence-corrected chi connectivity index (χ3v) is 6.60. The Balaban J connectivity index is 1.07. The van der Waals surface area contributed by atoms with Crippen molar-refractivity contribution in [1.29, 1.82) is 0 Å². The number of benzene rings is 2. The normalized spacial score (nSPS) is 25.9. The molecule has 2 aromatic carbocycles. The van der Waals surface area contributed by atoms with Crippen molar-refractivity contribution in [2.24, 2.45) is 0 Å². The Morgan fingerprint density at radius 1 is 0.800 bits per heavy atom. The second-order valence-corrected chi connectivity index (χ2v) is 9.16. The Bertz CT molecular complexity index is 996. The fraction of sp³-hybridized carbons (Fsp3) is 0.462. The van der Waals surface area contributed by atoms with Gasteiger partial charge in [-0.1, -0.05) is 37.5 Å². The van der Waals surface area contributed by atoms with Gasteiger partial charge in [-0.2, -0.15) is 0 Å². The summed E-state index contributed by atoms with van der Waals surface area (Å²) in [6.07, 6.45) is 3.67. The Morgan fingerprint density at radius 2 is 1.51 bits per heavy atom. The van der Waals surface area contributed by atoms with Crippen LogP contribution in [-0.2, 0) is 14.2 Å². The Kier molecular flexibility index (Phi) is 7.34. The molecule has 0 unspecified atom stereocenters. The van der Waals surface area contributed by atoms with Crippen molar-refractivity contribution >= 4 is 17.8 Å². The molecule has 3 N–H and O–H groups in total. The van der Waals surface area contributed by atoms with E-state index in [0.717, 1.165) is 31.4 Å². The van der Waals surface area contributed by atoms with E-state index in [9.17, 15) is 9.59 Å². The standard InChI is InChI=1S/C26H31N3O6/c30-25(27-17-7-3-1-4-8-17)29-21-15-32-24-22(16-33-23(21)24)35-26(31)28-18-11-13-20(14-12-18)34-19-9-5-2-6-10-19/h2,5-6,9-14,17,21-24H,1,3-4,7-8,15-16H2,(H,28,31)(H2,27,29,30)/t21-,22-,23-,24+/m0/s1. The first kappa shape index (κ1) is 23.4. The van der Waals surface area contributed by atoms with Crippen LogP contribution in [0.5, 0.6) is 11.5 Å². The van der Waals surface area contributed by atoms with Gasteiger partial charge in [-0.3, -0.25) is 5.32 Å². The number of carbonyl (C=O) groups excluding carboxylic acids is 2. The van der Waals surface area contributed by atoms with Crippen LogP contribution in [0.2, 0.25) is 0 Å². The largest absolute Gasteiger partial charge is 0.457 e. The van der Waals surface area contributed by atoms with Gasteiger partial charge < -0.3 is 29.6 Å². The number of hydrogen-bond acceptors (Lipinski definition) is 6. The summed E-state index contributed by atoms with van der Waals surface area (Å²) in [5, 5.41) is 8.74. The SMILES string of the molecule is O=C(NC1CCCCC1)N[C@H]1CO[C@H]2[C@H]1OC[C@@H]2OC(=O)Nc1ccc(Oc2ccccc2)cc1. The molecule has 186 valence electrons. The highest BCUT2D eigenvalue weighted by Gasteiger charge is 2.50. The van der Waals surface area contributed by atoms with Crippen molar-refractivity contribution in [3.05, 3.63) is 54.6 Å². The molecule has 0 radical (unpaired) electrons. The summed E-state index contributed by atoms with van der Waals surface area (Å²) in [4.78, 5) is 24.9. The van der Waals surface area contributed by atoms with E-state index in [1.165, 1.54) is 6.42 Å². The van der Waals surface area contributed by atoms with Crippen LogP contribution in [0.25, 0.3) is 0 Å². The van der Waals surface area contributed by atoms with Crippen LogP contribution in [0.4, 0.5) is 15.3 Å². The van der Waals surface area contributed by atoms with Crippen molar-refractivity contribution in [2.45, 2.75) is 62.5 Å². The average molecular weight is 482 g/mol. The van der Waals surface area contributed by atoms with E-state index in [4.69, 9.17) is 18.9 Å². The molecule has 2 aliphatic heterocycles. The van der Waals surface area contributed by atoms with Gasteiger partial charge in [0.15, 0.2) is 6.10 Å². The maximum atomic E-state index is 12.5. The molecule has 0 spiro atoms. The molecule has 1 aliphatic carbocycles. The first-order chi connectivity index (χ1) is 17.1. The molecule has 2 aromatic rings. The zero-order valence-corrected chi connectivity index (χ0v) is 19.5. The summed E-state index contributed by atoms with van der Waals surface area (Å²) in [6, 6.07) is 16.2. The quantitative estimate of drug-likeness (QED) is 0.571. The Labute approximate surface area is 204 Å². The molecular formula is C26H31N3O6. The second kappa shape index (κ2) is 11.0. The lowest BCUT2D eigenvalue weighted by Crippen LogP contribution is -2.51. The van der Waals surface area contributed by atoms with E-state index >= 15 is 0 Å². The fourth-order valence-corrected chi connectivity index (χ4v) is 4.85. The van der Waals surface area contributed by atoms with Crippen molar-refractivity contribution in [1.82, 2.24) is 10.6 Å². The van der Waals surface area contributed by atoms with Gasteiger partial charge >= 0.3 is 12.1 Å². The monoisotopic (exact) mass is 481 g/mol. The molecule has 2 saturated heterocycles. The van der Waals surface area contributed by atoms with E-state index in [0.29, 0.717) is 18.0 Å². The van der Waals surface area contributed by atoms with Gasteiger partial charge in [-0.25, -0.2) is 9.59 Å². The molecule has 3 amide bonds. The van der Waals surface area contributed by atoms with Gasteiger partial charge in [0.25, 0.3) is 0 Å². The number of rotatable bonds is 6. The summed E-state index contributed by atoms with van der Waals surface area (Å²) in [7, 11) is 0. The number of anilines is 1. The van der Waals surface area contributed by atoms with Crippen LogP contribution < -0.4 is 20.7 Å². The molecule has 4 atom stereocenters.